The fraction of sp³-hybridized carbons (Fsp3) is 0.519. The Morgan fingerprint density at radius 2 is 2.03 bits per heavy atom. The van der Waals surface area contributed by atoms with Crippen LogP contribution in [0.5, 0.6) is 5.75 Å². The first-order valence-corrected chi connectivity index (χ1v) is 13.1. The van der Waals surface area contributed by atoms with Crippen LogP contribution in [0.15, 0.2) is 18.2 Å². The summed E-state index contributed by atoms with van der Waals surface area (Å²) < 4.78 is 22.5. The van der Waals surface area contributed by atoms with Gasteiger partial charge in [0.15, 0.2) is 5.65 Å². The number of amides is 1. The number of benzene rings is 1. The van der Waals surface area contributed by atoms with Crippen LogP contribution < -0.4 is 4.74 Å². The summed E-state index contributed by atoms with van der Waals surface area (Å²) in [6.45, 7) is 5.61. The van der Waals surface area contributed by atoms with Gasteiger partial charge in [0.2, 0.25) is 0 Å². The van der Waals surface area contributed by atoms with Crippen LogP contribution in [0.4, 0.5) is 4.39 Å². The second-order valence-electron chi connectivity index (χ2n) is 10.7. The zero-order chi connectivity index (χ0) is 25.1. The van der Waals surface area contributed by atoms with Crippen LogP contribution in [0.2, 0.25) is 5.02 Å². The molecule has 3 aliphatic heterocycles. The van der Waals surface area contributed by atoms with Crippen molar-refractivity contribution in [2.75, 3.05) is 13.6 Å². The van der Waals surface area contributed by atoms with E-state index in [2.05, 4.69) is 22.0 Å². The number of carbonyl (C=O) groups excluding carboxylic acids is 1. The molecule has 36 heavy (non-hydrogen) atoms. The maximum absolute atomic E-state index is 14.3. The van der Waals surface area contributed by atoms with Gasteiger partial charge in [0.1, 0.15) is 17.7 Å². The highest BCUT2D eigenvalue weighted by Gasteiger charge is 2.35. The normalized spacial score (nSPS) is 24.1. The minimum atomic E-state index is -0.401. The molecule has 6 rings (SSSR count). The lowest BCUT2D eigenvalue weighted by Gasteiger charge is -2.28. The molecule has 7 nitrogen and oxygen atoms in total. The van der Waals surface area contributed by atoms with Crippen molar-refractivity contribution in [3.05, 3.63) is 57.2 Å². The smallest absolute Gasteiger partial charge is 0.258 e. The Morgan fingerprint density at radius 3 is 2.86 bits per heavy atom. The van der Waals surface area contributed by atoms with E-state index in [1.165, 1.54) is 25.0 Å². The summed E-state index contributed by atoms with van der Waals surface area (Å²) in [6.07, 6.45) is 5.41. The van der Waals surface area contributed by atoms with E-state index < -0.39 is 5.82 Å². The van der Waals surface area contributed by atoms with E-state index in [9.17, 15) is 9.18 Å². The van der Waals surface area contributed by atoms with E-state index in [4.69, 9.17) is 16.3 Å². The molecular formula is C27H31ClFN5O2. The number of halogens is 2. The molecule has 9 heteroatoms. The summed E-state index contributed by atoms with van der Waals surface area (Å²) in [4.78, 5) is 22.5. The van der Waals surface area contributed by atoms with Gasteiger partial charge in [-0.2, -0.15) is 5.10 Å². The Hall–Kier alpha value is -2.71. The third-order valence-corrected chi connectivity index (χ3v) is 8.71. The zero-order valence-electron chi connectivity index (χ0n) is 20.9. The van der Waals surface area contributed by atoms with E-state index >= 15 is 0 Å². The average molecular weight is 512 g/mol. The number of hydrogen-bond donors (Lipinski definition) is 0. The molecule has 2 aromatic heterocycles. The van der Waals surface area contributed by atoms with Crippen molar-refractivity contribution in [1.82, 2.24) is 24.4 Å². The van der Waals surface area contributed by atoms with Crippen LogP contribution in [0.1, 0.15) is 65.1 Å². The predicted molar refractivity (Wildman–Crippen MR) is 135 cm³/mol. The summed E-state index contributed by atoms with van der Waals surface area (Å²) >= 11 is 6.36. The quantitative estimate of drug-likeness (QED) is 0.498. The number of ether oxygens (including phenoxy) is 1. The van der Waals surface area contributed by atoms with E-state index in [1.807, 2.05) is 13.8 Å². The summed E-state index contributed by atoms with van der Waals surface area (Å²) in [5.74, 6) is 0.317. The maximum atomic E-state index is 14.3. The van der Waals surface area contributed by atoms with E-state index in [0.29, 0.717) is 41.4 Å². The zero-order valence-corrected chi connectivity index (χ0v) is 21.7. The highest BCUT2D eigenvalue weighted by atomic mass is 35.5. The number of fused-ring (bicyclic) bond motifs is 6. The van der Waals surface area contributed by atoms with Gasteiger partial charge in [0.05, 0.1) is 40.8 Å². The second kappa shape index (κ2) is 8.99. The van der Waals surface area contributed by atoms with Gasteiger partial charge in [-0.3, -0.25) is 4.79 Å². The first-order valence-electron chi connectivity index (χ1n) is 12.8. The van der Waals surface area contributed by atoms with Crippen molar-refractivity contribution in [2.24, 2.45) is 5.92 Å². The standard InChI is InChI=1S/C27H31ClFN5O2/c1-15-25(28)16(2)34-26(30-15)22-13-33(14-23(22)31-34)27(35)21-8-7-18(29)10-24(21)36-20-9-17-5-4-6-19(11-20)32(3)12-17/h7-8,10,17,19-20H,4-6,9,11-14H2,1-3H3. The Balaban J connectivity index is 1.26. The molecule has 1 amide bonds. The van der Waals surface area contributed by atoms with Gasteiger partial charge in [-0.05, 0) is 64.6 Å². The summed E-state index contributed by atoms with van der Waals surface area (Å²) in [6, 6.07) is 4.71. The van der Waals surface area contributed by atoms with Gasteiger partial charge < -0.3 is 14.5 Å². The molecule has 190 valence electrons. The number of aryl methyl sites for hydroxylation is 2. The van der Waals surface area contributed by atoms with E-state index in [0.717, 1.165) is 54.1 Å². The molecule has 3 unspecified atom stereocenters. The highest BCUT2D eigenvalue weighted by molar-refractivity contribution is 6.31. The predicted octanol–water partition coefficient (Wildman–Crippen LogP) is 4.94. The molecule has 1 aromatic carbocycles. The third-order valence-electron chi connectivity index (χ3n) is 8.16. The van der Waals surface area contributed by atoms with Gasteiger partial charge in [-0.25, -0.2) is 13.9 Å². The van der Waals surface area contributed by atoms with Gasteiger partial charge in [-0.1, -0.05) is 18.0 Å². The van der Waals surface area contributed by atoms with Crippen molar-refractivity contribution in [2.45, 2.75) is 71.2 Å². The van der Waals surface area contributed by atoms with Crippen molar-refractivity contribution in [1.29, 1.82) is 0 Å². The van der Waals surface area contributed by atoms with Crippen molar-refractivity contribution >= 4 is 23.2 Å². The van der Waals surface area contributed by atoms with Crippen LogP contribution in [-0.2, 0) is 13.1 Å². The molecule has 3 aliphatic rings. The molecule has 3 atom stereocenters. The summed E-state index contributed by atoms with van der Waals surface area (Å²) in [5.41, 5.74) is 4.43. The van der Waals surface area contributed by atoms with Gasteiger partial charge in [0, 0.05) is 24.2 Å². The van der Waals surface area contributed by atoms with E-state index in [-0.39, 0.29) is 12.0 Å². The lowest BCUT2D eigenvalue weighted by atomic mass is 9.90. The second-order valence-corrected chi connectivity index (χ2v) is 11.0. The number of nitrogens with zero attached hydrogens (tertiary/aromatic N) is 5. The number of rotatable bonds is 3. The molecule has 2 saturated heterocycles. The molecule has 3 aromatic rings. The topological polar surface area (TPSA) is 63.0 Å². The fourth-order valence-electron chi connectivity index (χ4n) is 6.25. The molecule has 5 heterocycles. The highest BCUT2D eigenvalue weighted by Crippen LogP contribution is 2.35. The van der Waals surface area contributed by atoms with Crippen LogP contribution >= 0.6 is 11.6 Å². The molecule has 2 fully saturated rings. The van der Waals surface area contributed by atoms with Crippen molar-refractivity contribution in [3.63, 3.8) is 0 Å². The molecular weight excluding hydrogens is 481 g/mol. The monoisotopic (exact) mass is 511 g/mol. The van der Waals surface area contributed by atoms with E-state index in [1.54, 1.807) is 15.5 Å². The van der Waals surface area contributed by atoms with Crippen LogP contribution in [-0.4, -0.2) is 56.0 Å². The Morgan fingerprint density at radius 1 is 1.19 bits per heavy atom. The van der Waals surface area contributed by atoms with Gasteiger partial charge in [-0.15, -0.1) is 0 Å². The molecule has 0 saturated carbocycles. The first kappa shape index (κ1) is 23.7. The summed E-state index contributed by atoms with van der Waals surface area (Å²) in [7, 11) is 2.19. The van der Waals surface area contributed by atoms with Crippen LogP contribution in [0.3, 0.4) is 0 Å². The SMILES string of the molecule is Cc1nc2c3c(nn2c(C)c1Cl)CN(C(=O)c1ccc(F)cc1OC1CC2CCCC(C1)N(C)C2)C3. The average Bonchev–Trinajstić information content (AvgIpc) is 3.29. The maximum Gasteiger partial charge on any atom is 0.258 e. The van der Waals surface area contributed by atoms with Crippen molar-refractivity contribution < 1.29 is 13.9 Å². The minimum Gasteiger partial charge on any atom is -0.489 e. The number of aromatic nitrogens is 3. The van der Waals surface area contributed by atoms with Crippen molar-refractivity contribution in [3.8, 4) is 5.75 Å². The number of carbonyl (C=O) groups is 1. The fourth-order valence-corrected chi connectivity index (χ4v) is 6.37. The Kier molecular flexibility index (Phi) is 5.91. The molecule has 0 N–H and O–H groups in total. The molecule has 0 radical (unpaired) electrons. The molecule has 0 aliphatic carbocycles. The first-order chi connectivity index (χ1) is 17.3. The van der Waals surface area contributed by atoms with Crippen LogP contribution in [0, 0.1) is 25.6 Å². The lowest BCUT2D eigenvalue weighted by molar-refractivity contribution is 0.0738. The largest absolute Gasteiger partial charge is 0.489 e. The van der Waals surface area contributed by atoms with Crippen LogP contribution in [0.25, 0.3) is 5.65 Å². The minimum absolute atomic E-state index is 0.0292. The Bertz CT molecular complexity index is 1360. The number of hydrogen-bond acceptors (Lipinski definition) is 5. The lowest BCUT2D eigenvalue weighted by Crippen LogP contribution is -2.33. The molecule has 2 bridgehead atoms. The third kappa shape index (κ3) is 4.04. The Labute approximate surface area is 215 Å². The van der Waals surface area contributed by atoms with Gasteiger partial charge in [0.25, 0.3) is 5.91 Å². The van der Waals surface area contributed by atoms with Gasteiger partial charge >= 0.3 is 0 Å². The molecule has 0 spiro atoms. The summed E-state index contributed by atoms with van der Waals surface area (Å²) in [5, 5.41) is 5.28.